The topological polar surface area (TPSA) is 106 Å². The second-order valence-electron chi connectivity index (χ2n) is 6.20. The molecular weight excluding hydrogens is 338 g/mol. The Morgan fingerprint density at radius 3 is 2.73 bits per heavy atom. The van der Waals surface area contributed by atoms with Crippen LogP contribution >= 0.6 is 0 Å². The Bertz CT molecular complexity index is 1060. The van der Waals surface area contributed by atoms with Crippen molar-refractivity contribution in [3.8, 4) is 0 Å². The van der Waals surface area contributed by atoms with Crippen LogP contribution in [-0.2, 0) is 4.79 Å². The summed E-state index contributed by atoms with van der Waals surface area (Å²) >= 11 is 0. The number of carbonyl (C=O) groups excluding carboxylic acids is 2. The van der Waals surface area contributed by atoms with E-state index in [0.29, 0.717) is 16.7 Å². The van der Waals surface area contributed by atoms with E-state index in [-0.39, 0.29) is 36.3 Å². The molecule has 2 amide bonds. The van der Waals surface area contributed by atoms with E-state index in [2.05, 4.69) is 10.5 Å². The Labute approximate surface area is 147 Å². The number of nitrogens with zero attached hydrogens (tertiary/aromatic N) is 2. The van der Waals surface area contributed by atoms with Gasteiger partial charge in [0, 0.05) is 24.5 Å². The molecule has 132 valence electrons. The fourth-order valence-corrected chi connectivity index (χ4v) is 2.82. The van der Waals surface area contributed by atoms with Gasteiger partial charge < -0.3 is 19.2 Å². The lowest BCUT2D eigenvalue weighted by Crippen LogP contribution is -2.54. The number of amides is 2. The van der Waals surface area contributed by atoms with Crippen molar-refractivity contribution in [3.63, 3.8) is 0 Å². The van der Waals surface area contributed by atoms with Crippen LogP contribution in [0.4, 0.5) is 5.69 Å². The molecule has 0 aliphatic carbocycles. The molecule has 8 heteroatoms. The Kier molecular flexibility index (Phi) is 3.80. The number of benzene rings is 1. The maximum absolute atomic E-state index is 12.3. The van der Waals surface area contributed by atoms with Crippen LogP contribution in [0.3, 0.4) is 0 Å². The van der Waals surface area contributed by atoms with E-state index in [4.69, 9.17) is 8.94 Å². The second-order valence-corrected chi connectivity index (χ2v) is 6.20. The van der Waals surface area contributed by atoms with Gasteiger partial charge in [-0.25, -0.2) is 4.79 Å². The van der Waals surface area contributed by atoms with Gasteiger partial charge in [0.05, 0.1) is 5.92 Å². The Morgan fingerprint density at radius 1 is 1.23 bits per heavy atom. The molecule has 26 heavy (non-hydrogen) atoms. The van der Waals surface area contributed by atoms with Gasteiger partial charge in [-0.05, 0) is 19.1 Å². The highest BCUT2D eigenvalue weighted by atomic mass is 16.5. The fraction of sp³-hybridized carbons (Fsp3) is 0.222. The van der Waals surface area contributed by atoms with Crippen molar-refractivity contribution in [2.75, 3.05) is 18.4 Å². The average Bonchev–Trinajstić information content (AvgIpc) is 3.00. The molecule has 1 saturated heterocycles. The zero-order valence-corrected chi connectivity index (χ0v) is 13.9. The van der Waals surface area contributed by atoms with Gasteiger partial charge in [0.15, 0.2) is 5.69 Å². The van der Waals surface area contributed by atoms with Gasteiger partial charge in [-0.2, -0.15) is 0 Å². The third-order valence-corrected chi connectivity index (χ3v) is 4.29. The van der Waals surface area contributed by atoms with E-state index in [1.807, 2.05) is 6.07 Å². The average molecular weight is 353 g/mol. The highest BCUT2D eigenvalue weighted by Crippen LogP contribution is 2.21. The number of carbonyl (C=O) groups is 2. The van der Waals surface area contributed by atoms with E-state index in [1.54, 1.807) is 37.3 Å². The van der Waals surface area contributed by atoms with Crippen LogP contribution in [0.25, 0.3) is 11.0 Å². The number of hydrogen-bond donors (Lipinski definition) is 1. The molecule has 0 radical (unpaired) electrons. The minimum absolute atomic E-state index is 0.0885. The molecular formula is C18H15N3O5. The number of aromatic nitrogens is 1. The van der Waals surface area contributed by atoms with Gasteiger partial charge in [0.1, 0.15) is 17.0 Å². The second kappa shape index (κ2) is 6.14. The molecule has 3 heterocycles. The number of anilines is 1. The van der Waals surface area contributed by atoms with E-state index in [0.717, 1.165) is 0 Å². The highest BCUT2D eigenvalue weighted by Gasteiger charge is 2.37. The van der Waals surface area contributed by atoms with Gasteiger partial charge >= 0.3 is 5.63 Å². The van der Waals surface area contributed by atoms with Crippen LogP contribution in [0.5, 0.6) is 0 Å². The van der Waals surface area contributed by atoms with Crippen molar-refractivity contribution in [3.05, 3.63) is 58.3 Å². The smallest absolute Gasteiger partial charge is 0.360 e. The lowest BCUT2D eigenvalue weighted by atomic mass is 9.98. The summed E-state index contributed by atoms with van der Waals surface area (Å²) < 4.78 is 10.1. The summed E-state index contributed by atoms with van der Waals surface area (Å²) in [7, 11) is 0. The van der Waals surface area contributed by atoms with Crippen LogP contribution in [0.2, 0.25) is 0 Å². The number of fused-ring (bicyclic) bond motifs is 1. The molecule has 8 nitrogen and oxygen atoms in total. The van der Waals surface area contributed by atoms with Crippen LogP contribution in [0.1, 0.15) is 16.2 Å². The van der Waals surface area contributed by atoms with Crippen molar-refractivity contribution in [1.29, 1.82) is 0 Å². The summed E-state index contributed by atoms with van der Waals surface area (Å²) in [5.74, 6) is -0.451. The summed E-state index contributed by atoms with van der Waals surface area (Å²) in [5, 5.41) is 6.98. The number of hydrogen-bond acceptors (Lipinski definition) is 6. The number of likely N-dealkylation sites (tertiary alicyclic amines) is 1. The molecule has 0 unspecified atom stereocenters. The predicted octanol–water partition coefficient (Wildman–Crippen LogP) is 1.80. The van der Waals surface area contributed by atoms with Gasteiger partial charge in [0.2, 0.25) is 5.91 Å². The van der Waals surface area contributed by atoms with E-state index in [1.165, 1.54) is 4.90 Å². The van der Waals surface area contributed by atoms with E-state index >= 15 is 0 Å². The van der Waals surface area contributed by atoms with Crippen molar-refractivity contribution in [2.45, 2.75) is 6.92 Å². The van der Waals surface area contributed by atoms with E-state index < -0.39 is 11.5 Å². The number of para-hydroxylation sites is 1. The van der Waals surface area contributed by atoms with Crippen molar-refractivity contribution in [2.24, 2.45) is 5.92 Å². The highest BCUT2D eigenvalue weighted by molar-refractivity contribution is 5.98. The summed E-state index contributed by atoms with van der Waals surface area (Å²) in [5.41, 5.74) is 0.156. The van der Waals surface area contributed by atoms with Crippen molar-refractivity contribution >= 4 is 28.5 Å². The van der Waals surface area contributed by atoms with Crippen LogP contribution in [0.15, 0.2) is 50.1 Å². The maximum Gasteiger partial charge on any atom is 0.360 e. The minimum Gasteiger partial charge on any atom is -0.421 e. The Hall–Kier alpha value is -3.42. The zero-order chi connectivity index (χ0) is 18.3. The number of nitrogens with one attached hydrogen (secondary N) is 1. The first-order valence-corrected chi connectivity index (χ1v) is 8.07. The molecule has 4 rings (SSSR count). The number of rotatable bonds is 3. The summed E-state index contributed by atoms with van der Waals surface area (Å²) in [6.45, 7) is 2.22. The molecule has 1 aliphatic heterocycles. The molecule has 1 aromatic carbocycles. The molecule has 0 bridgehead atoms. The normalized spacial score (nSPS) is 14.3. The Morgan fingerprint density at radius 2 is 2.00 bits per heavy atom. The first kappa shape index (κ1) is 16.1. The van der Waals surface area contributed by atoms with Gasteiger partial charge in [-0.1, -0.05) is 23.4 Å². The lowest BCUT2D eigenvalue weighted by molar-refractivity contribution is -0.123. The first-order valence-electron chi connectivity index (χ1n) is 8.07. The summed E-state index contributed by atoms with van der Waals surface area (Å²) in [6, 6.07) is 10.2. The fourth-order valence-electron chi connectivity index (χ4n) is 2.82. The van der Waals surface area contributed by atoms with Crippen LogP contribution < -0.4 is 10.9 Å². The SMILES string of the molecule is Cc1cc(C(=O)N2CC(C(=O)Nc3cc4ccccc4oc3=O)C2)no1. The number of aryl methyl sites for hydroxylation is 1. The largest absolute Gasteiger partial charge is 0.421 e. The monoisotopic (exact) mass is 353 g/mol. The van der Waals surface area contributed by atoms with Crippen molar-refractivity contribution in [1.82, 2.24) is 10.1 Å². The molecule has 1 N–H and O–H groups in total. The molecule has 1 fully saturated rings. The van der Waals surface area contributed by atoms with Gasteiger partial charge in [0.25, 0.3) is 5.91 Å². The van der Waals surface area contributed by atoms with Crippen LogP contribution in [0, 0.1) is 12.8 Å². The predicted molar refractivity (Wildman–Crippen MR) is 91.7 cm³/mol. The Balaban J connectivity index is 1.42. The van der Waals surface area contributed by atoms with E-state index in [9.17, 15) is 14.4 Å². The van der Waals surface area contributed by atoms with Crippen LogP contribution in [-0.4, -0.2) is 35.0 Å². The minimum atomic E-state index is -0.609. The maximum atomic E-state index is 12.3. The molecule has 0 spiro atoms. The molecule has 2 aromatic heterocycles. The molecule has 0 atom stereocenters. The first-order chi connectivity index (χ1) is 12.5. The standard InChI is InChI=1S/C18H15N3O5/c1-10-6-13(20-26-10)17(23)21-8-12(9-21)16(22)19-14-7-11-4-2-3-5-15(11)25-18(14)24/h2-7,12H,8-9H2,1H3,(H,19,22). The van der Waals surface area contributed by atoms with Crippen molar-refractivity contribution < 1.29 is 18.5 Å². The summed E-state index contributed by atoms with van der Waals surface area (Å²) in [4.78, 5) is 38.0. The lowest BCUT2D eigenvalue weighted by Gasteiger charge is -2.37. The molecule has 1 aliphatic rings. The third-order valence-electron chi connectivity index (χ3n) is 4.29. The summed E-state index contributed by atoms with van der Waals surface area (Å²) in [6.07, 6.45) is 0. The zero-order valence-electron chi connectivity index (χ0n) is 13.9. The molecule has 3 aromatic rings. The molecule has 0 saturated carbocycles. The quantitative estimate of drug-likeness (QED) is 0.720. The van der Waals surface area contributed by atoms with Gasteiger partial charge in [-0.15, -0.1) is 0 Å². The third kappa shape index (κ3) is 2.85. The van der Waals surface area contributed by atoms with Gasteiger partial charge in [-0.3, -0.25) is 9.59 Å².